The van der Waals surface area contributed by atoms with E-state index in [1.165, 1.54) is 10.6 Å². The molecule has 0 radical (unpaired) electrons. The molecule has 0 amide bonds. The molecular formula is C18H24F2N4O. The molecule has 0 bridgehead atoms. The lowest BCUT2D eigenvalue weighted by Gasteiger charge is -2.38. The molecule has 1 fully saturated rings. The summed E-state index contributed by atoms with van der Waals surface area (Å²) >= 11 is 0. The van der Waals surface area contributed by atoms with Crippen molar-refractivity contribution in [1.82, 2.24) is 19.8 Å². The van der Waals surface area contributed by atoms with E-state index in [1.807, 2.05) is 0 Å². The Kier molecular flexibility index (Phi) is 5.15. The first kappa shape index (κ1) is 17.9. The first-order valence-corrected chi connectivity index (χ1v) is 8.76. The van der Waals surface area contributed by atoms with Gasteiger partial charge in [0.2, 0.25) is 0 Å². The molecule has 0 unspecified atom stereocenters. The van der Waals surface area contributed by atoms with Crippen LogP contribution in [0.4, 0.5) is 8.78 Å². The van der Waals surface area contributed by atoms with Crippen molar-refractivity contribution in [2.45, 2.75) is 38.8 Å². The highest BCUT2D eigenvalue weighted by Gasteiger charge is 2.28. The summed E-state index contributed by atoms with van der Waals surface area (Å²) in [5, 5.41) is 3.13. The molecule has 2 atom stereocenters. The van der Waals surface area contributed by atoms with Gasteiger partial charge in [0.25, 0.3) is 5.56 Å². The molecule has 1 aliphatic heterocycles. The van der Waals surface area contributed by atoms with Crippen molar-refractivity contribution >= 4 is 10.9 Å². The summed E-state index contributed by atoms with van der Waals surface area (Å²) < 4.78 is 29.0. The molecule has 1 N–H and O–H groups in total. The summed E-state index contributed by atoms with van der Waals surface area (Å²) in [4.78, 5) is 19.5. The van der Waals surface area contributed by atoms with Gasteiger partial charge in [-0.15, -0.1) is 0 Å². The van der Waals surface area contributed by atoms with E-state index < -0.39 is 17.2 Å². The van der Waals surface area contributed by atoms with Gasteiger partial charge in [-0.2, -0.15) is 0 Å². The Morgan fingerprint density at radius 1 is 1.40 bits per heavy atom. The molecule has 3 rings (SSSR count). The quantitative estimate of drug-likeness (QED) is 0.920. The Morgan fingerprint density at radius 2 is 2.16 bits per heavy atom. The molecule has 0 aliphatic carbocycles. The molecule has 25 heavy (non-hydrogen) atoms. The fourth-order valence-corrected chi connectivity index (χ4v) is 3.60. The number of fused-ring (bicyclic) bond motifs is 1. The summed E-state index contributed by atoms with van der Waals surface area (Å²) in [6.45, 7) is 6.81. The summed E-state index contributed by atoms with van der Waals surface area (Å²) in [6, 6.07) is 2.74. The van der Waals surface area contributed by atoms with E-state index in [9.17, 15) is 13.6 Å². The second-order valence-corrected chi connectivity index (χ2v) is 6.74. The molecule has 0 saturated carbocycles. The maximum Gasteiger partial charge on any atom is 0.264 e. The van der Waals surface area contributed by atoms with Crippen LogP contribution in [0.5, 0.6) is 0 Å². The molecule has 1 aliphatic rings. The number of nitrogens with zero attached hydrogens (tertiary/aromatic N) is 3. The molecule has 5 nitrogen and oxygen atoms in total. The maximum atomic E-state index is 14.1. The van der Waals surface area contributed by atoms with Gasteiger partial charge in [-0.05, 0) is 25.5 Å². The van der Waals surface area contributed by atoms with Gasteiger partial charge in [0.05, 0.1) is 11.6 Å². The van der Waals surface area contributed by atoms with Crippen LogP contribution in [0.15, 0.2) is 16.9 Å². The third-order valence-corrected chi connectivity index (χ3v) is 4.87. The van der Waals surface area contributed by atoms with Crippen molar-refractivity contribution in [2.24, 2.45) is 7.05 Å². The van der Waals surface area contributed by atoms with E-state index in [1.54, 1.807) is 7.05 Å². The van der Waals surface area contributed by atoms with Crippen LogP contribution < -0.4 is 10.9 Å². The number of piperazine rings is 1. The number of rotatable bonds is 4. The van der Waals surface area contributed by atoms with E-state index in [-0.39, 0.29) is 16.9 Å². The van der Waals surface area contributed by atoms with Crippen LogP contribution in [0.2, 0.25) is 0 Å². The first-order chi connectivity index (χ1) is 11.9. The van der Waals surface area contributed by atoms with Crippen molar-refractivity contribution in [3.05, 3.63) is 39.9 Å². The predicted molar refractivity (Wildman–Crippen MR) is 93.6 cm³/mol. The van der Waals surface area contributed by atoms with E-state index in [4.69, 9.17) is 0 Å². The summed E-state index contributed by atoms with van der Waals surface area (Å²) in [7, 11) is 1.59. The molecular weight excluding hydrogens is 326 g/mol. The molecule has 2 heterocycles. The average molecular weight is 350 g/mol. The fourth-order valence-electron chi connectivity index (χ4n) is 3.60. The van der Waals surface area contributed by atoms with Crippen LogP contribution in [0.1, 0.15) is 38.6 Å². The van der Waals surface area contributed by atoms with Crippen LogP contribution in [-0.4, -0.2) is 40.1 Å². The summed E-state index contributed by atoms with van der Waals surface area (Å²) in [5.41, 5.74) is -0.331. The second kappa shape index (κ2) is 7.17. The van der Waals surface area contributed by atoms with Gasteiger partial charge < -0.3 is 5.32 Å². The number of aromatic nitrogens is 2. The minimum atomic E-state index is -1.13. The SMILES string of the molecule is CCC[C@H](c1nc2ccc(F)c(F)c2c(=O)n1C)N1CCN[C@@H](C)C1. The molecule has 1 saturated heterocycles. The van der Waals surface area contributed by atoms with Crippen LogP contribution >= 0.6 is 0 Å². The van der Waals surface area contributed by atoms with Crippen molar-refractivity contribution in [2.75, 3.05) is 19.6 Å². The Morgan fingerprint density at radius 3 is 2.84 bits per heavy atom. The Hall–Kier alpha value is -1.86. The number of nitrogens with one attached hydrogen (secondary N) is 1. The van der Waals surface area contributed by atoms with Crippen molar-refractivity contribution in [3.8, 4) is 0 Å². The van der Waals surface area contributed by atoms with Crippen LogP contribution in [0, 0.1) is 11.6 Å². The minimum absolute atomic E-state index is 0.0234. The van der Waals surface area contributed by atoms with Gasteiger partial charge in [-0.25, -0.2) is 13.8 Å². The highest BCUT2D eigenvalue weighted by atomic mass is 19.2. The highest BCUT2D eigenvalue weighted by molar-refractivity contribution is 5.78. The standard InChI is InChI=1S/C18H24F2N4O/c1-4-5-14(24-9-8-21-11(2)10-24)17-22-13-7-6-12(19)16(20)15(13)18(25)23(17)3/h6-7,11,14,21H,4-5,8-10H2,1-3H3/t11-,14+/m0/s1. The molecule has 1 aromatic carbocycles. The van der Waals surface area contributed by atoms with E-state index in [0.29, 0.717) is 11.9 Å². The second-order valence-electron chi connectivity index (χ2n) is 6.74. The van der Waals surface area contributed by atoms with Crippen LogP contribution in [-0.2, 0) is 7.05 Å². The molecule has 136 valence electrons. The van der Waals surface area contributed by atoms with Crippen molar-refractivity contribution < 1.29 is 8.78 Å². The van der Waals surface area contributed by atoms with Crippen molar-refractivity contribution in [1.29, 1.82) is 0 Å². The summed E-state index contributed by atoms with van der Waals surface area (Å²) in [6.07, 6.45) is 1.79. The van der Waals surface area contributed by atoms with E-state index in [2.05, 4.69) is 29.0 Å². The van der Waals surface area contributed by atoms with E-state index >= 15 is 0 Å². The number of halogens is 2. The monoisotopic (exact) mass is 350 g/mol. The van der Waals surface area contributed by atoms with Gasteiger partial charge >= 0.3 is 0 Å². The van der Waals surface area contributed by atoms with Crippen LogP contribution in [0.3, 0.4) is 0 Å². The topological polar surface area (TPSA) is 50.2 Å². The predicted octanol–water partition coefficient (Wildman–Crippen LogP) is 2.35. The number of hydrogen-bond donors (Lipinski definition) is 1. The van der Waals surface area contributed by atoms with Gasteiger partial charge in [-0.3, -0.25) is 14.3 Å². The van der Waals surface area contributed by atoms with Crippen molar-refractivity contribution in [3.63, 3.8) is 0 Å². The Bertz CT molecular complexity index is 836. The minimum Gasteiger partial charge on any atom is -0.312 e. The Balaban J connectivity index is 2.13. The highest BCUT2D eigenvalue weighted by Crippen LogP contribution is 2.26. The molecule has 7 heteroatoms. The van der Waals surface area contributed by atoms with Gasteiger partial charge in [-0.1, -0.05) is 13.3 Å². The third kappa shape index (κ3) is 3.30. The molecule has 1 aromatic heterocycles. The van der Waals surface area contributed by atoms with Gasteiger partial charge in [0.15, 0.2) is 11.6 Å². The van der Waals surface area contributed by atoms with Gasteiger partial charge in [0, 0.05) is 32.7 Å². The molecule has 0 spiro atoms. The van der Waals surface area contributed by atoms with Crippen LogP contribution in [0.25, 0.3) is 10.9 Å². The third-order valence-electron chi connectivity index (χ3n) is 4.87. The zero-order chi connectivity index (χ0) is 18.1. The number of hydrogen-bond acceptors (Lipinski definition) is 4. The zero-order valence-corrected chi connectivity index (χ0v) is 14.9. The van der Waals surface area contributed by atoms with E-state index in [0.717, 1.165) is 38.5 Å². The molecule has 2 aromatic rings. The normalized spacial score (nSPS) is 20.1. The maximum absolute atomic E-state index is 14.1. The lowest BCUT2D eigenvalue weighted by Crippen LogP contribution is -2.51. The fraction of sp³-hybridized carbons (Fsp3) is 0.556. The lowest BCUT2D eigenvalue weighted by molar-refractivity contribution is 0.132. The number of benzene rings is 1. The Labute approximate surface area is 145 Å². The smallest absolute Gasteiger partial charge is 0.264 e. The average Bonchev–Trinajstić information content (AvgIpc) is 2.59. The zero-order valence-electron chi connectivity index (χ0n) is 14.9. The lowest BCUT2D eigenvalue weighted by atomic mass is 10.1. The summed E-state index contributed by atoms with van der Waals surface area (Å²) in [5.74, 6) is -1.54. The first-order valence-electron chi connectivity index (χ1n) is 8.76. The van der Waals surface area contributed by atoms with Gasteiger partial charge in [0.1, 0.15) is 11.2 Å². The largest absolute Gasteiger partial charge is 0.312 e.